The predicted molar refractivity (Wildman–Crippen MR) is 140 cm³/mol. The fraction of sp³-hybridized carbons (Fsp3) is 0.625. The van der Waals surface area contributed by atoms with E-state index in [9.17, 15) is 4.57 Å². The van der Waals surface area contributed by atoms with Gasteiger partial charge in [-0.1, -0.05) is 26.8 Å². The number of aryl methyl sites for hydroxylation is 2. The zero-order valence-corrected chi connectivity index (χ0v) is 24.5. The zero-order chi connectivity index (χ0) is 25.0. The number of benzene rings is 1. The van der Waals surface area contributed by atoms with Gasteiger partial charge in [0.25, 0.3) is 8.32 Å². The molecule has 9 heteroatoms. The molecule has 0 aliphatic heterocycles. The summed E-state index contributed by atoms with van der Waals surface area (Å²) >= 11 is 1.58. The highest BCUT2D eigenvalue weighted by Crippen LogP contribution is 2.62. The molecule has 1 unspecified atom stereocenters. The van der Waals surface area contributed by atoms with Crippen molar-refractivity contribution in [3.8, 4) is 11.5 Å². The second kappa shape index (κ2) is 11.0. The Morgan fingerprint density at radius 1 is 1.12 bits per heavy atom. The smallest absolute Gasteiger partial charge is 0.338 e. The van der Waals surface area contributed by atoms with Crippen LogP contribution in [0, 0.1) is 13.8 Å². The van der Waals surface area contributed by atoms with Crippen LogP contribution in [-0.4, -0.2) is 33.6 Å². The van der Waals surface area contributed by atoms with Gasteiger partial charge in [0.2, 0.25) is 0 Å². The lowest BCUT2D eigenvalue weighted by Crippen LogP contribution is -2.44. The van der Waals surface area contributed by atoms with Crippen LogP contribution in [0.1, 0.15) is 62.1 Å². The molecule has 0 aliphatic rings. The molecule has 1 aromatic heterocycles. The van der Waals surface area contributed by atoms with Crippen molar-refractivity contribution in [2.24, 2.45) is 0 Å². The first-order valence-corrected chi connectivity index (χ1v) is 16.8. The summed E-state index contributed by atoms with van der Waals surface area (Å²) in [5.41, 5.74) is 2.14. The van der Waals surface area contributed by atoms with E-state index in [2.05, 4.69) is 38.8 Å². The number of ether oxygens (including phenoxy) is 1. The zero-order valence-electron chi connectivity index (χ0n) is 21.8. The highest BCUT2D eigenvalue weighted by molar-refractivity contribution is 7.54. The van der Waals surface area contributed by atoms with Crippen LogP contribution < -0.4 is 9.16 Å². The van der Waals surface area contributed by atoms with Crippen molar-refractivity contribution in [3.63, 3.8) is 0 Å². The summed E-state index contributed by atoms with van der Waals surface area (Å²) in [7, 11) is -3.91. The minimum Gasteiger partial charge on any atom is -0.541 e. The summed E-state index contributed by atoms with van der Waals surface area (Å²) in [4.78, 5) is 4.60. The molecule has 6 nitrogen and oxygen atoms in total. The van der Waals surface area contributed by atoms with E-state index in [1.807, 2.05) is 45.2 Å². The molecule has 0 N–H and O–H groups in total. The Balaban J connectivity index is 2.61. The Bertz CT molecular complexity index is 976. The lowest BCUT2D eigenvalue weighted by Gasteiger charge is -2.37. The van der Waals surface area contributed by atoms with Crippen LogP contribution in [0.5, 0.6) is 11.5 Å². The summed E-state index contributed by atoms with van der Waals surface area (Å²) in [5.74, 6) is 1.38. The van der Waals surface area contributed by atoms with Gasteiger partial charge in [-0.2, -0.15) is 0 Å². The summed E-state index contributed by atoms with van der Waals surface area (Å²) in [5, 5.41) is 3.02. The van der Waals surface area contributed by atoms with Gasteiger partial charge in [-0.3, -0.25) is 4.57 Å². The van der Waals surface area contributed by atoms with Crippen molar-refractivity contribution < 1.29 is 22.8 Å². The molecule has 1 heterocycles. The Morgan fingerprint density at radius 3 is 2.18 bits per heavy atom. The van der Waals surface area contributed by atoms with E-state index in [0.717, 1.165) is 27.6 Å². The van der Waals surface area contributed by atoms with Gasteiger partial charge >= 0.3 is 7.60 Å². The van der Waals surface area contributed by atoms with E-state index in [1.165, 1.54) is 0 Å². The molecule has 0 spiro atoms. The summed E-state index contributed by atoms with van der Waals surface area (Å²) < 4.78 is 37.9. The first kappa shape index (κ1) is 28.1. The molecule has 0 aliphatic carbocycles. The van der Waals surface area contributed by atoms with Gasteiger partial charge in [0, 0.05) is 11.8 Å². The number of thiazole rings is 1. The molecule has 0 saturated heterocycles. The molecule has 0 amide bonds. The third kappa shape index (κ3) is 6.70. The third-order valence-corrected chi connectivity index (χ3v) is 13.7. The van der Waals surface area contributed by atoms with E-state index < -0.39 is 21.6 Å². The number of hydrogen-bond donors (Lipinski definition) is 0. The molecule has 2 aromatic rings. The molecule has 2 rings (SSSR count). The van der Waals surface area contributed by atoms with Gasteiger partial charge in [0.15, 0.2) is 5.75 Å². The van der Waals surface area contributed by atoms with Crippen molar-refractivity contribution in [3.05, 3.63) is 39.3 Å². The van der Waals surface area contributed by atoms with Gasteiger partial charge in [-0.05, 0) is 63.0 Å². The van der Waals surface area contributed by atoms with Crippen molar-refractivity contribution in [1.82, 2.24) is 4.98 Å². The van der Waals surface area contributed by atoms with Crippen LogP contribution >= 0.6 is 18.9 Å². The largest absolute Gasteiger partial charge is 0.541 e. The van der Waals surface area contributed by atoms with E-state index in [1.54, 1.807) is 18.4 Å². The Hall–Kier alpha value is -1.18. The lowest BCUT2D eigenvalue weighted by atomic mass is 10.0. The van der Waals surface area contributed by atoms with Crippen LogP contribution in [0.15, 0.2) is 17.5 Å². The standard InChI is InChI=1S/C24H40NO5PSSi/c1-11-28-31(26,29-12-2)22(15-20-16-32-18(4)25-20)19-13-17(3)23(21(14-19)27-8)30-33(9,10)24(5,6)7/h13-14,16,22H,11-12,15H2,1-10H3. The van der Waals surface area contributed by atoms with Crippen LogP contribution in [0.2, 0.25) is 18.1 Å². The summed E-state index contributed by atoms with van der Waals surface area (Å²) in [6.07, 6.45) is 0.451. The SMILES string of the molecule is CCOP(=O)(OCC)C(Cc1csc(C)n1)c1cc(C)c(O[Si](C)(C)C(C)(C)C)c(OC)c1. The van der Waals surface area contributed by atoms with Gasteiger partial charge < -0.3 is 18.2 Å². The van der Waals surface area contributed by atoms with Crippen LogP contribution in [-0.2, 0) is 20.0 Å². The molecule has 1 atom stereocenters. The monoisotopic (exact) mass is 513 g/mol. The quantitative estimate of drug-likeness (QED) is 0.226. The maximum atomic E-state index is 13.9. The topological polar surface area (TPSA) is 66.9 Å². The van der Waals surface area contributed by atoms with E-state index in [-0.39, 0.29) is 5.04 Å². The van der Waals surface area contributed by atoms with Crippen LogP contribution in [0.4, 0.5) is 0 Å². The molecular formula is C24H40NO5PSSi. The molecule has 0 saturated carbocycles. The lowest BCUT2D eigenvalue weighted by molar-refractivity contribution is 0.211. The molecule has 186 valence electrons. The second-order valence-electron chi connectivity index (χ2n) is 9.68. The maximum absolute atomic E-state index is 13.9. The first-order valence-electron chi connectivity index (χ1n) is 11.4. The Morgan fingerprint density at radius 2 is 1.73 bits per heavy atom. The predicted octanol–water partition coefficient (Wildman–Crippen LogP) is 7.70. The van der Waals surface area contributed by atoms with Crippen molar-refractivity contribution in [2.45, 2.75) is 78.7 Å². The maximum Gasteiger partial charge on any atom is 0.338 e. The van der Waals surface area contributed by atoms with E-state index in [0.29, 0.717) is 25.4 Å². The minimum absolute atomic E-state index is 0.0494. The van der Waals surface area contributed by atoms with E-state index in [4.69, 9.17) is 18.2 Å². The van der Waals surface area contributed by atoms with Crippen LogP contribution in [0.3, 0.4) is 0 Å². The van der Waals surface area contributed by atoms with Crippen molar-refractivity contribution >= 4 is 27.2 Å². The molecule has 0 radical (unpaired) electrons. The summed E-state index contributed by atoms with van der Waals surface area (Å²) in [6.45, 7) is 19.3. The molecule has 33 heavy (non-hydrogen) atoms. The van der Waals surface area contributed by atoms with E-state index >= 15 is 0 Å². The normalized spacial score (nSPS) is 13.8. The number of nitrogens with zero attached hydrogens (tertiary/aromatic N) is 1. The van der Waals surface area contributed by atoms with Crippen molar-refractivity contribution in [1.29, 1.82) is 0 Å². The van der Waals surface area contributed by atoms with Gasteiger partial charge in [-0.15, -0.1) is 11.3 Å². The highest BCUT2D eigenvalue weighted by atomic mass is 32.1. The fourth-order valence-corrected chi connectivity index (χ4v) is 7.12. The Labute approximate surface area is 204 Å². The van der Waals surface area contributed by atoms with Gasteiger partial charge in [0.1, 0.15) is 5.75 Å². The fourth-order valence-electron chi connectivity index (χ4n) is 3.34. The highest BCUT2D eigenvalue weighted by Gasteiger charge is 2.41. The second-order valence-corrected chi connectivity index (χ2v) is 17.7. The molecule has 0 fully saturated rings. The molecular weight excluding hydrogens is 473 g/mol. The average Bonchev–Trinajstić information content (AvgIpc) is 3.11. The number of rotatable bonds is 11. The van der Waals surface area contributed by atoms with Gasteiger partial charge in [0.05, 0.1) is 36.7 Å². The number of hydrogen-bond acceptors (Lipinski definition) is 7. The van der Waals surface area contributed by atoms with Crippen molar-refractivity contribution in [2.75, 3.05) is 20.3 Å². The van der Waals surface area contributed by atoms with Crippen LogP contribution in [0.25, 0.3) is 0 Å². The first-order chi connectivity index (χ1) is 15.3. The number of methoxy groups -OCH3 is 1. The minimum atomic E-state index is -3.46. The molecule has 0 bridgehead atoms. The average molecular weight is 514 g/mol. The third-order valence-electron chi connectivity index (χ3n) is 6.10. The molecule has 1 aromatic carbocycles. The Kier molecular flexibility index (Phi) is 9.39. The van der Waals surface area contributed by atoms with Gasteiger partial charge in [-0.25, -0.2) is 4.98 Å². The summed E-state index contributed by atoms with van der Waals surface area (Å²) in [6, 6.07) is 3.95. The number of aromatic nitrogens is 1.